The average Bonchev–Trinajstić information content (AvgIpc) is 2.97. The predicted octanol–water partition coefficient (Wildman–Crippen LogP) is 3.90. The quantitative estimate of drug-likeness (QED) is 0.768. The van der Waals surface area contributed by atoms with Gasteiger partial charge in [-0.1, -0.05) is 23.7 Å². The molecule has 2 aromatic rings. The van der Waals surface area contributed by atoms with Crippen molar-refractivity contribution in [3.05, 3.63) is 46.8 Å². The van der Waals surface area contributed by atoms with Crippen LogP contribution < -0.4 is 4.74 Å². The number of likely N-dealkylation sites (tertiary alicyclic amines) is 1. The molecule has 2 heterocycles. The molecule has 27 heavy (non-hydrogen) atoms. The molecule has 0 atom stereocenters. The molecule has 0 radical (unpaired) electrons. The van der Waals surface area contributed by atoms with Gasteiger partial charge in [0.15, 0.2) is 0 Å². The van der Waals surface area contributed by atoms with Gasteiger partial charge in [0.05, 0.1) is 19.2 Å². The summed E-state index contributed by atoms with van der Waals surface area (Å²) in [5.74, 6) is 2.53. The maximum absolute atomic E-state index is 12.7. The second kappa shape index (κ2) is 8.15. The van der Waals surface area contributed by atoms with E-state index in [-0.39, 0.29) is 5.91 Å². The van der Waals surface area contributed by atoms with Crippen molar-refractivity contribution in [1.29, 1.82) is 0 Å². The average molecular weight is 368 g/mol. The van der Waals surface area contributed by atoms with Gasteiger partial charge in [0, 0.05) is 24.6 Å². The van der Waals surface area contributed by atoms with Gasteiger partial charge < -0.3 is 14.2 Å². The van der Waals surface area contributed by atoms with Gasteiger partial charge in [-0.3, -0.25) is 4.79 Å². The number of aromatic nitrogens is 1. The van der Waals surface area contributed by atoms with Gasteiger partial charge in [0.1, 0.15) is 11.5 Å². The molecule has 0 spiro atoms. The number of carbonyl (C=O) groups excluding carboxylic acids is 1. The Balaban J connectivity index is 1.34. The Bertz CT molecular complexity index is 773. The summed E-state index contributed by atoms with van der Waals surface area (Å²) < 4.78 is 10.9. The van der Waals surface area contributed by atoms with Gasteiger partial charge >= 0.3 is 0 Å². The number of ether oxygens (including phenoxy) is 1. The molecule has 0 saturated carbocycles. The van der Waals surface area contributed by atoms with Crippen LogP contribution in [0, 0.1) is 0 Å². The highest BCUT2D eigenvalue weighted by Crippen LogP contribution is 2.34. The van der Waals surface area contributed by atoms with Crippen LogP contribution in [0.4, 0.5) is 0 Å². The van der Waals surface area contributed by atoms with Gasteiger partial charge in [0.25, 0.3) is 0 Å². The zero-order valence-electron chi connectivity index (χ0n) is 16.1. The van der Waals surface area contributed by atoms with E-state index in [4.69, 9.17) is 9.26 Å². The van der Waals surface area contributed by atoms with Crippen LogP contribution in [0.1, 0.15) is 60.6 Å². The maximum Gasteiger partial charge on any atom is 0.226 e. The fourth-order valence-electron chi connectivity index (χ4n) is 4.33. The Labute approximate surface area is 160 Å². The topological polar surface area (TPSA) is 55.6 Å². The molecule has 0 N–H and O–H groups in total. The molecule has 0 bridgehead atoms. The minimum absolute atomic E-state index is 0.204. The Morgan fingerprint density at radius 3 is 2.63 bits per heavy atom. The molecule has 1 aromatic heterocycles. The smallest absolute Gasteiger partial charge is 0.226 e. The molecule has 1 saturated heterocycles. The van der Waals surface area contributed by atoms with E-state index < -0.39 is 0 Å². The molecular formula is C22H28N2O3. The van der Waals surface area contributed by atoms with E-state index in [1.807, 2.05) is 29.2 Å². The third kappa shape index (κ3) is 4.02. The van der Waals surface area contributed by atoms with Crippen molar-refractivity contribution in [2.24, 2.45) is 0 Å². The van der Waals surface area contributed by atoms with Crippen molar-refractivity contribution in [2.75, 3.05) is 20.2 Å². The summed E-state index contributed by atoms with van der Waals surface area (Å²) in [5.41, 5.74) is 3.58. The van der Waals surface area contributed by atoms with E-state index in [1.54, 1.807) is 7.11 Å². The van der Waals surface area contributed by atoms with E-state index in [9.17, 15) is 4.79 Å². The fourth-order valence-corrected chi connectivity index (χ4v) is 4.33. The van der Waals surface area contributed by atoms with Crippen LogP contribution in [0.2, 0.25) is 0 Å². The number of amides is 1. The maximum atomic E-state index is 12.7. The summed E-state index contributed by atoms with van der Waals surface area (Å²) in [4.78, 5) is 14.6. The zero-order valence-corrected chi connectivity index (χ0v) is 16.1. The second-order valence-corrected chi connectivity index (χ2v) is 7.71. The first-order valence-corrected chi connectivity index (χ1v) is 10.1. The van der Waals surface area contributed by atoms with Crippen LogP contribution in [0.25, 0.3) is 0 Å². The number of rotatable bonds is 4. The van der Waals surface area contributed by atoms with Gasteiger partial charge in [-0.2, -0.15) is 0 Å². The van der Waals surface area contributed by atoms with Crippen molar-refractivity contribution < 1.29 is 14.1 Å². The number of nitrogens with zero attached hydrogens (tertiary/aromatic N) is 2. The van der Waals surface area contributed by atoms with Crippen molar-refractivity contribution in [1.82, 2.24) is 10.1 Å². The lowest BCUT2D eigenvalue weighted by molar-refractivity contribution is -0.131. The SMILES string of the molecule is COc1ccc(CC(=O)N2CCC(c3onc4c3CCCCC4)CC2)cc1. The first kappa shape index (κ1) is 18.1. The Morgan fingerprint density at radius 2 is 1.89 bits per heavy atom. The standard InChI is InChI=1S/C22H28N2O3/c1-26-18-9-7-16(8-10-18)15-21(25)24-13-11-17(12-14-24)22-19-5-3-2-4-6-20(19)23-27-22/h7-10,17H,2-6,11-15H2,1H3. The molecule has 0 unspecified atom stereocenters. The van der Waals surface area contributed by atoms with Gasteiger partial charge in [-0.05, 0) is 56.2 Å². The van der Waals surface area contributed by atoms with E-state index >= 15 is 0 Å². The van der Waals surface area contributed by atoms with E-state index in [1.165, 1.54) is 30.5 Å². The van der Waals surface area contributed by atoms with Crippen molar-refractivity contribution in [3.63, 3.8) is 0 Å². The highest BCUT2D eigenvalue weighted by molar-refractivity contribution is 5.79. The summed E-state index contributed by atoms with van der Waals surface area (Å²) in [6.45, 7) is 1.60. The van der Waals surface area contributed by atoms with Crippen LogP contribution in [-0.2, 0) is 24.1 Å². The summed E-state index contributed by atoms with van der Waals surface area (Å²) in [7, 11) is 1.65. The highest BCUT2D eigenvalue weighted by atomic mass is 16.5. The summed E-state index contributed by atoms with van der Waals surface area (Å²) in [6, 6.07) is 7.75. The number of fused-ring (bicyclic) bond motifs is 1. The molecule has 5 nitrogen and oxygen atoms in total. The Kier molecular flexibility index (Phi) is 5.46. The van der Waals surface area contributed by atoms with Crippen LogP contribution in [-0.4, -0.2) is 36.2 Å². The minimum atomic E-state index is 0.204. The largest absolute Gasteiger partial charge is 0.497 e. The second-order valence-electron chi connectivity index (χ2n) is 7.71. The number of hydrogen-bond donors (Lipinski definition) is 0. The summed E-state index contributed by atoms with van der Waals surface area (Å²) in [6.07, 6.45) is 8.28. The Hall–Kier alpha value is -2.30. The van der Waals surface area contributed by atoms with E-state index in [2.05, 4.69) is 5.16 Å². The minimum Gasteiger partial charge on any atom is -0.497 e. The Morgan fingerprint density at radius 1 is 1.15 bits per heavy atom. The van der Waals surface area contributed by atoms with Gasteiger partial charge in [0.2, 0.25) is 5.91 Å². The molecular weight excluding hydrogens is 340 g/mol. The summed E-state index contributed by atoms with van der Waals surface area (Å²) >= 11 is 0. The third-order valence-corrected chi connectivity index (χ3v) is 5.97. The van der Waals surface area contributed by atoms with Crippen LogP contribution >= 0.6 is 0 Å². The molecule has 1 aliphatic heterocycles. The number of methoxy groups -OCH3 is 1. The molecule has 1 fully saturated rings. The number of hydrogen-bond acceptors (Lipinski definition) is 4. The first-order chi connectivity index (χ1) is 13.2. The third-order valence-electron chi connectivity index (χ3n) is 5.97. The number of carbonyl (C=O) groups is 1. The highest BCUT2D eigenvalue weighted by Gasteiger charge is 2.29. The predicted molar refractivity (Wildman–Crippen MR) is 103 cm³/mol. The molecule has 144 valence electrons. The lowest BCUT2D eigenvalue weighted by Gasteiger charge is -2.31. The number of piperidine rings is 1. The van der Waals surface area contributed by atoms with Crippen molar-refractivity contribution in [2.45, 2.75) is 57.3 Å². The number of aryl methyl sites for hydroxylation is 1. The van der Waals surface area contributed by atoms with Crippen LogP contribution in [0.3, 0.4) is 0 Å². The molecule has 2 aliphatic rings. The van der Waals surface area contributed by atoms with E-state index in [0.29, 0.717) is 12.3 Å². The normalized spacial score (nSPS) is 18.0. The monoisotopic (exact) mass is 368 g/mol. The van der Waals surface area contributed by atoms with E-state index in [0.717, 1.165) is 55.8 Å². The molecule has 1 aromatic carbocycles. The fraction of sp³-hybridized carbons (Fsp3) is 0.545. The van der Waals surface area contributed by atoms with Gasteiger partial charge in [-0.25, -0.2) is 0 Å². The van der Waals surface area contributed by atoms with Gasteiger partial charge in [-0.15, -0.1) is 0 Å². The zero-order chi connectivity index (χ0) is 18.6. The molecule has 1 aliphatic carbocycles. The van der Waals surface area contributed by atoms with Crippen LogP contribution in [0.15, 0.2) is 28.8 Å². The molecule has 1 amide bonds. The lowest BCUT2D eigenvalue weighted by atomic mass is 9.90. The molecule has 5 heteroatoms. The lowest BCUT2D eigenvalue weighted by Crippen LogP contribution is -2.38. The van der Waals surface area contributed by atoms with Crippen molar-refractivity contribution in [3.8, 4) is 5.75 Å². The first-order valence-electron chi connectivity index (χ1n) is 10.1. The molecule has 4 rings (SSSR count). The number of benzene rings is 1. The van der Waals surface area contributed by atoms with Crippen LogP contribution in [0.5, 0.6) is 5.75 Å². The van der Waals surface area contributed by atoms with Crippen molar-refractivity contribution >= 4 is 5.91 Å². The summed E-state index contributed by atoms with van der Waals surface area (Å²) in [5, 5.41) is 4.35.